The van der Waals surface area contributed by atoms with E-state index in [1.807, 2.05) is 35.2 Å². The Morgan fingerprint density at radius 3 is 2.53 bits per heavy atom. The molecule has 0 spiro atoms. The number of carbonyl (C=O) groups excluding carboxylic acids is 1. The van der Waals surface area contributed by atoms with E-state index in [0.29, 0.717) is 11.6 Å². The molecule has 0 bridgehead atoms. The summed E-state index contributed by atoms with van der Waals surface area (Å²) in [5, 5.41) is 0.689. The Kier molecular flexibility index (Phi) is 7.76. The molecular formula is C24H28N2O4S2. The zero-order chi connectivity index (χ0) is 22.3. The van der Waals surface area contributed by atoms with Gasteiger partial charge in [-0.05, 0) is 54.6 Å². The predicted molar refractivity (Wildman–Crippen MR) is 129 cm³/mol. The van der Waals surface area contributed by atoms with Crippen LogP contribution in [-0.4, -0.2) is 55.0 Å². The molecule has 6 nitrogen and oxygen atoms in total. The highest BCUT2D eigenvalue weighted by Gasteiger charge is 2.24. The van der Waals surface area contributed by atoms with Crippen molar-refractivity contribution in [1.29, 1.82) is 0 Å². The first-order chi connectivity index (χ1) is 15.6. The number of piperidine rings is 1. The van der Waals surface area contributed by atoms with Gasteiger partial charge in [-0.15, -0.1) is 11.8 Å². The van der Waals surface area contributed by atoms with Gasteiger partial charge >= 0.3 is 0 Å². The summed E-state index contributed by atoms with van der Waals surface area (Å²) in [5.74, 6) is 2.85. The average molecular weight is 473 g/mol. The van der Waals surface area contributed by atoms with Crippen LogP contribution in [0.25, 0.3) is 10.2 Å². The Morgan fingerprint density at radius 1 is 1.09 bits per heavy atom. The number of likely N-dealkylation sites (tertiary alicyclic amines) is 1. The second-order valence-electron chi connectivity index (χ2n) is 7.64. The Labute approximate surface area is 196 Å². The van der Waals surface area contributed by atoms with E-state index in [1.165, 1.54) is 16.2 Å². The number of hydrogen-bond acceptors (Lipinski definition) is 7. The van der Waals surface area contributed by atoms with Gasteiger partial charge in [-0.25, -0.2) is 4.98 Å². The number of carbonyl (C=O) groups is 1. The van der Waals surface area contributed by atoms with Crippen LogP contribution in [0.5, 0.6) is 16.7 Å². The molecule has 1 aliphatic rings. The van der Waals surface area contributed by atoms with Crippen LogP contribution in [0.2, 0.25) is 0 Å². The maximum absolute atomic E-state index is 12.6. The molecule has 1 amide bonds. The lowest BCUT2D eigenvalue weighted by Crippen LogP contribution is -2.41. The molecule has 2 heterocycles. The third-order valence-electron chi connectivity index (χ3n) is 5.50. The fourth-order valence-electron chi connectivity index (χ4n) is 3.67. The van der Waals surface area contributed by atoms with Crippen molar-refractivity contribution >= 4 is 39.2 Å². The number of benzene rings is 2. The van der Waals surface area contributed by atoms with Crippen molar-refractivity contribution in [3.63, 3.8) is 0 Å². The van der Waals surface area contributed by atoms with Crippen molar-refractivity contribution in [2.24, 2.45) is 0 Å². The van der Waals surface area contributed by atoms with Gasteiger partial charge in [-0.3, -0.25) is 4.79 Å². The van der Waals surface area contributed by atoms with Crippen LogP contribution in [0.1, 0.15) is 25.7 Å². The highest BCUT2D eigenvalue weighted by atomic mass is 32.2. The van der Waals surface area contributed by atoms with Gasteiger partial charge in [-0.1, -0.05) is 11.3 Å². The molecule has 0 saturated carbocycles. The van der Waals surface area contributed by atoms with E-state index in [9.17, 15) is 4.79 Å². The van der Waals surface area contributed by atoms with Crippen LogP contribution in [0, 0.1) is 0 Å². The predicted octanol–water partition coefficient (Wildman–Crippen LogP) is 5.26. The summed E-state index contributed by atoms with van der Waals surface area (Å²) in [4.78, 5) is 20.3. The van der Waals surface area contributed by atoms with Gasteiger partial charge in [0.1, 0.15) is 17.6 Å². The van der Waals surface area contributed by atoms with Crippen LogP contribution < -0.4 is 14.2 Å². The number of methoxy groups -OCH3 is 2. The van der Waals surface area contributed by atoms with E-state index in [-0.39, 0.29) is 12.0 Å². The second kappa shape index (κ2) is 10.9. The number of nitrogens with zero attached hydrogens (tertiary/aromatic N) is 2. The van der Waals surface area contributed by atoms with E-state index in [4.69, 9.17) is 14.2 Å². The van der Waals surface area contributed by atoms with Crippen molar-refractivity contribution < 1.29 is 19.0 Å². The minimum atomic E-state index is 0.104. The van der Waals surface area contributed by atoms with Crippen molar-refractivity contribution in [1.82, 2.24) is 9.88 Å². The summed E-state index contributed by atoms with van der Waals surface area (Å²) < 4.78 is 17.6. The number of amides is 1. The van der Waals surface area contributed by atoms with Gasteiger partial charge in [0, 0.05) is 37.2 Å². The molecule has 8 heteroatoms. The third-order valence-corrected chi connectivity index (χ3v) is 7.51. The minimum absolute atomic E-state index is 0.104. The molecule has 0 unspecified atom stereocenters. The first-order valence-electron chi connectivity index (χ1n) is 10.8. The topological polar surface area (TPSA) is 60.9 Å². The quantitative estimate of drug-likeness (QED) is 0.313. The molecule has 1 fully saturated rings. The maximum Gasteiger partial charge on any atom is 0.274 e. The summed E-state index contributed by atoms with van der Waals surface area (Å²) in [5.41, 5.74) is 0.922. The molecule has 0 atom stereocenters. The number of aromatic nitrogens is 1. The molecular weight excluding hydrogens is 444 g/mol. The summed E-state index contributed by atoms with van der Waals surface area (Å²) in [6, 6.07) is 13.9. The molecule has 3 aromatic rings. The maximum atomic E-state index is 12.6. The molecule has 0 aliphatic carbocycles. The lowest BCUT2D eigenvalue weighted by Gasteiger charge is -2.31. The van der Waals surface area contributed by atoms with Gasteiger partial charge < -0.3 is 19.1 Å². The van der Waals surface area contributed by atoms with Crippen LogP contribution >= 0.6 is 23.1 Å². The van der Waals surface area contributed by atoms with Gasteiger partial charge in [0.25, 0.3) is 5.19 Å². The number of thiazole rings is 1. The Hall–Kier alpha value is -2.45. The van der Waals surface area contributed by atoms with E-state index in [2.05, 4.69) is 17.1 Å². The van der Waals surface area contributed by atoms with Crippen molar-refractivity contribution in [3.05, 3.63) is 42.5 Å². The largest absolute Gasteiger partial charge is 0.497 e. The number of thioether (sulfide) groups is 1. The van der Waals surface area contributed by atoms with Gasteiger partial charge in [0.2, 0.25) is 5.91 Å². The monoisotopic (exact) mass is 472 g/mol. The molecule has 32 heavy (non-hydrogen) atoms. The minimum Gasteiger partial charge on any atom is -0.497 e. The van der Waals surface area contributed by atoms with Gasteiger partial charge in [-0.2, -0.15) is 0 Å². The highest BCUT2D eigenvalue weighted by molar-refractivity contribution is 7.99. The van der Waals surface area contributed by atoms with Crippen molar-refractivity contribution in [3.8, 4) is 16.7 Å². The Morgan fingerprint density at radius 2 is 1.81 bits per heavy atom. The standard InChI is InChI=1S/C24H28N2O4S2/c1-28-17-5-8-20(9-6-17)31-15-3-4-23(27)26-13-11-18(12-14-26)30-24-25-21-10-7-19(29-2)16-22(21)32-24/h5-10,16,18H,3-4,11-15H2,1-2H3. The number of hydrogen-bond donors (Lipinski definition) is 0. The molecule has 0 N–H and O–H groups in total. The summed E-state index contributed by atoms with van der Waals surface area (Å²) in [6.07, 6.45) is 3.25. The molecule has 1 aromatic heterocycles. The molecule has 0 radical (unpaired) electrons. The molecule has 170 valence electrons. The zero-order valence-corrected chi connectivity index (χ0v) is 20.0. The smallest absolute Gasteiger partial charge is 0.274 e. The first-order valence-corrected chi connectivity index (χ1v) is 12.6. The SMILES string of the molecule is COc1ccc(SCCCC(=O)N2CCC(Oc3nc4ccc(OC)cc4s3)CC2)cc1. The average Bonchev–Trinajstić information content (AvgIpc) is 3.23. The molecule has 4 rings (SSSR count). The number of fused-ring (bicyclic) bond motifs is 1. The lowest BCUT2D eigenvalue weighted by atomic mass is 10.1. The molecule has 2 aromatic carbocycles. The van der Waals surface area contributed by atoms with Crippen LogP contribution in [0.4, 0.5) is 0 Å². The van der Waals surface area contributed by atoms with E-state index in [0.717, 1.165) is 59.8 Å². The first kappa shape index (κ1) is 22.7. The Bertz CT molecular complexity index is 1030. The zero-order valence-electron chi connectivity index (χ0n) is 18.4. The van der Waals surface area contributed by atoms with E-state index in [1.54, 1.807) is 26.0 Å². The van der Waals surface area contributed by atoms with E-state index >= 15 is 0 Å². The third kappa shape index (κ3) is 5.86. The van der Waals surface area contributed by atoms with E-state index < -0.39 is 0 Å². The molecule has 1 saturated heterocycles. The van der Waals surface area contributed by atoms with Crippen molar-refractivity contribution in [2.75, 3.05) is 33.1 Å². The highest BCUT2D eigenvalue weighted by Crippen LogP contribution is 2.32. The van der Waals surface area contributed by atoms with Gasteiger partial charge in [0.15, 0.2) is 0 Å². The van der Waals surface area contributed by atoms with Crippen molar-refractivity contribution in [2.45, 2.75) is 36.7 Å². The fourth-order valence-corrected chi connectivity index (χ4v) is 5.43. The lowest BCUT2D eigenvalue weighted by molar-refractivity contribution is -0.133. The van der Waals surface area contributed by atoms with Gasteiger partial charge in [0.05, 0.1) is 24.4 Å². The summed E-state index contributed by atoms with van der Waals surface area (Å²) >= 11 is 3.31. The summed E-state index contributed by atoms with van der Waals surface area (Å²) in [7, 11) is 3.33. The van der Waals surface area contributed by atoms with Crippen LogP contribution in [-0.2, 0) is 4.79 Å². The Balaban J connectivity index is 1.17. The second-order valence-corrected chi connectivity index (χ2v) is 9.80. The molecule has 1 aliphatic heterocycles. The summed E-state index contributed by atoms with van der Waals surface area (Å²) in [6.45, 7) is 1.49. The van der Waals surface area contributed by atoms with Crippen LogP contribution in [0.15, 0.2) is 47.4 Å². The number of ether oxygens (including phenoxy) is 3. The normalized spacial score (nSPS) is 14.5. The number of rotatable bonds is 9. The fraction of sp³-hybridized carbons (Fsp3) is 0.417. The van der Waals surface area contributed by atoms with Crippen LogP contribution in [0.3, 0.4) is 0 Å².